The van der Waals surface area contributed by atoms with Gasteiger partial charge in [0, 0.05) is 6.04 Å². The van der Waals surface area contributed by atoms with Gasteiger partial charge in [-0.3, -0.25) is 9.69 Å². The number of aliphatic carboxylic acids is 1. The van der Waals surface area contributed by atoms with Crippen molar-refractivity contribution in [1.29, 1.82) is 0 Å². The van der Waals surface area contributed by atoms with Crippen LogP contribution in [0.3, 0.4) is 0 Å². The fourth-order valence-electron chi connectivity index (χ4n) is 1.51. The zero-order chi connectivity index (χ0) is 8.97. The number of nitrogens with zero attached hydrogens (tertiary/aromatic N) is 1. The standard InChI is InChI=1S/C9H15NO2/c1-10-7-3-5-8(10)4-2-6-9(11)12/h2,4,8H,3,5-7H2,1H3,(H,11,12)/b4-2-. The maximum Gasteiger partial charge on any atom is 0.307 e. The summed E-state index contributed by atoms with van der Waals surface area (Å²) in [5.41, 5.74) is 0. The minimum atomic E-state index is -0.757. The second kappa shape index (κ2) is 4.26. The van der Waals surface area contributed by atoms with Crippen molar-refractivity contribution in [2.24, 2.45) is 0 Å². The Morgan fingerprint density at radius 1 is 1.75 bits per heavy atom. The predicted molar refractivity (Wildman–Crippen MR) is 47.0 cm³/mol. The molecule has 1 rings (SSSR count). The second-order valence-corrected chi connectivity index (χ2v) is 3.22. The highest BCUT2D eigenvalue weighted by atomic mass is 16.4. The van der Waals surface area contributed by atoms with E-state index < -0.39 is 5.97 Å². The minimum absolute atomic E-state index is 0.143. The molecule has 1 saturated heterocycles. The molecule has 0 spiro atoms. The van der Waals surface area contributed by atoms with Gasteiger partial charge < -0.3 is 5.11 Å². The summed E-state index contributed by atoms with van der Waals surface area (Å²) < 4.78 is 0. The first-order valence-electron chi connectivity index (χ1n) is 4.29. The van der Waals surface area contributed by atoms with E-state index in [-0.39, 0.29) is 6.42 Å². The first-order valence-corrected chi connectivity index (χ1v) is 4.29. The third-order valence-electron chi connectivity index (χ3n) is 2.23. The lowest BCUT2D eigenvalue weighted by molar-refractivity contribution is -0.136. The number of likely N-dealkylation sites (tertiary alicyclic amines) is 1. The molecule has 0 amide bonds. The maximum absolute atomic E-state index is 10.2. The van der Waals surface area contributed by atoms with Gasteiger partial charge in [-0.25, -0.2) is 0 Å². The number of rotatable bonds is 3. The van der Waals surface area contributed by atoms with E-state index >= 15 is 0 Å². The zero-order valence-electron chi connectivity index (χ0n) is 7.36. The normalized spacial score (nSPS) is 25.2. The molecular weight excluding hydrogens is 154 g/mol. The number of likely N-dealkylation sites (N-methyl/N-ethyl adjacent to an activating group) is 1. The fourth-order valence-corrected chi connectivity index (χ4v) is 1.51. The number of carbonyl (C=O) groups is 1. The van der Waals surface area contributed by atoms with Crippen molar-refractivity contribution in [2.45, 2.75) is 25.3 Å². The first-order chi connectivity index (χ1) is 5.70. The van der Waals surface area contributed by atoms with Crippen LogP contribution in [0.2, 0.25) is 0 Å². The predicted octanol–water partition coefficient (Wildman–Crippen LogP) is 1.11. The maximum atomic E-state index is 10.2. The van der Waals surface area contributed by atoms with Gasteiger partial charge in [0.2, 0.25) is 0 Å². The SMILES string of the molecule is CN1CCCC1/C=C\CC(=O)O. The fraction of sp³-hybridized carbons (Fsp3) is 0.667. The smallest absolute Gasteiger partial charge is 0.307 e. The summed E-state index contributed by atoms with van der Waals surface area (Å²) in [5.74, 6) is -0.757. The third-order valence-corrected chi connectivity index (χ3v) is 2.23. The van der Waals surface area contributed by atoms with E-state index in [1.54, 1.807) is 6.08 Å². The first kappa shape index (κ1) is 9.26. The van der Waals surface area contributed by atoms with Crippen molar-refractivity contribution >= 4 is 5.97 Å². The van der Waals surface area contributed by atoms with E-state index in [1.165, 1.54) is 6.42 Å². The molecule has 0 aromatic rings. The van der Waals surface area contributed by atoms with Gasteiger partial charge in [0.25, 0.3) is 0 Å². The summed E-state index contributed by atoms with van der Waals surface area (Å²) in [5, 5.41) is 8.39. The van der Waals surface area contributed by atoms with E-state index in [9.17, 15) is 4.79 Å². The van der Waals surface area contributed by atoms with Crippen LogP contribution in [0.5, 0.6) is 0 Å². The molecule has 1 atom stereocenters. The van der Waals surface area contributed by atoms with E-state index in [0.29, 0.717) is 6.04 Å². The van der Waals surface area contributed by atoms with Crippen molar-refractivity contribution < 1.29 is 9.90 Å². The minimum Gasteiger partial charge on any atom is -0.481 e. The van der Waals surface area contributed by atoms with Crippen LogP contribution in [0.15, 0.2) is 12.2 Å². The van der Waals surface area contributed by atoms with Crippen molar-refractivity contribution in [3.63, 3.8) is 0 Å². The molecule has 0 aliphatic carbocycles. The molecule has 0 radical (unpaired) electrons. The molecule has 1 aliphatic rings. The van der Waals surface area contributed by atoms with E-state index in [1.807, 2.05) is 6.08 Å². The van der Waals surface area contributed by atoms with Crippen molar-refractivity contribution in [3.05, 3.63) is 12.2 Å². The number of carboxylic acid groups (broad SMARTS) is 1. The van der Waals surface area contributed by atoms with Crippen LogP contribution < -0.4 is 0 Å². The number of hydrogen-bond acceptors (Lipinski definition) is 2. The molecule has 3 heteroatoms. The van der Waals surface area contributed by atoms with E-state index in [2.05, 4.69) is 11.9 Å². The van der Waals surface area contributed by atoms with Crippen LogP contribution in [0, 0.1) is 0 Å². The number of hydrogen-bond donors (Lipinski definition) is 1. The van der Waals surface area contributed by atoms with Gasteiger partial charge in [0.1, 0.15) is 0 Å². The summed E-state index contributed by atoms with van der Waals surface area (Å²) in [6.07, 6.45) is 6.27. The van der Waals surface area contributed by atoms with Gasteiger partial charge in [-0.05, 0) is 26.4 Å². The Kier molecular flexibility index (Phi) is 3.29. The zero-order valence-corrected chi connectivity index (χ0v) is 7.36. The Bertz CT molecular complexity index is 189. The van der Waals surface area contributed by atoms with Gasteiger partial charge in [0.15, 0.2) is 0 Å². The van der Waals surface area contributed by atoms with Gasteiger partial charge >= 0.3 is 5.97 Å². The Labute approximate surface area is 72.7 Å². The van der Waals surface area contributed by atoms with Crippen LogP contribution in [-0.2, 0) is 4.79 Å². The lowest BCUT2D eigenvalue weighted by Crippen LogP contribution is -2.22. The lowest BCUT2D eigenvalue weighted by atomic mass is 10.2. The van der Waals surface area contributed by atoms with Crippen LogP contribution in [0.25, 0.3) is 0 Å². The lowest BCUT2D eigenvalue weighted by Gasteiger charge is -2.14. The van der Waals surface area contributed by atoms with Crippen molar-refractivity contribution in [3.8, 4) is 0 Å². The highest BCUT2D eigenvalue weighted by molar-refractivity contribution is 5.68. The largest absolute Gasteiger partial charge is 0.481 e. The molecule has 68 valence electrons. The van der Waals surface area contributed by atoms with Crippen LogP contribution in [0.4, 0.5) is 0 Å². The third kappa shape index (κ3) is 2.66. The summed E-state index contributed by atoms with van der Waals surface area (Å²) in [6.45, 7) is 1.13. The van der Waals surface area contributed by atoms with Gasteiger partial charge in [0.05, 0.1) is 6.42 Å². The van der Waals surface area contributed by atoms with Gasteiger partial charge in [-0.2, -0.15) is 0 Å². The average molecular weight is 169 g/mol. The van der Waals surface area contributed by atoms with Crippen LogP contribution >= 0.6 is 0 Å². The molecule has 12 heavy (non-hydrogen) atoms. The molecule has 1 heterocycles. The quantitative estimate of drug-likeness (QED) is 0.643. The summed E-state index contributed by atoms with van der Waals surface area (Å²) in [4.78, 5) is 12.4. The molecule has 1 fully saturated rings. The Balaban J connectivity index is 2.29. The summed E-state index contributed by atoms with van der Waals surface area (Å²) in [7, 11) is 2.07. The van der Waals surface area contributed by atoms with Gasteiger partial charge in [-0.15, -0.1) is 0 Å². The van der Waals surface area contributed by atoms with Gasteiger partial charge in [-0.1, -0.05) is 12.2 Å². The molecule has 1 N–H and O–H groups in total. The molecular formula is C9H15NO2. The second-order valence-electron chi connectivity index (χ2n) is 3.22. The van der Waals surface area contributed by atoms with Crippen molar-refractivity contribution in [2.75, 3.05) is 13.6 Å². The Morgan fingerprint density at radius 2 is 2.50 bits per heavy atom. The average Bonchev–Trinajstić information content (AvgIpc) is 2.36. The molecule has 3 nitrogen and oxygen atoms in total. The molecule has 0 saturated carbocycles. The highest BCUT2D eigenvalue weighted by Gasteiger charge is 2.17. The Hall–Kier alpha value is -0.830. The van der Waals surface area contributed by atoms with E-state index in [4.69, 9.17) is 5.11 Å². The van der Waals surface area contributed by atoms with Crippen LogP contribution in [-0.4, -0.2) is 35.6 Å². The monoisotopic (exact) mass is 169 g/mol. The number of carboxylic acids is 1. The molecule has 1 unspecified atom stereocenters. The summed E-state index contributed by atoms with van der Waals surface area (Å²) in [6, 6.07) is 0.462. The molecule has 0 bridgehead atoms. The molecule has 1 aliphatic heterocycles. The van der Waals surface area contributed by atoms with E-state index in [0.717, 1.165) is 13.0 Å². The van der Waals surface area contributed by atoms with Crippen LogP contribution in [0.1, 0.15) is 19.3 Å². The molecule has 0 aromatic heterocycles. The molecule has 0 aromatic carbocycles. The van der Waals surface area contributed by atoms with Crippen molar-refractivity contribution in [1.82, 2.24) is 4.90 Å². The topological polar surface area (TPSA) is 40.5 Å². The Morgan fingerprint density at radius 3 is 3.00 bits per heavy atom. The summed E-state index contributed by atoms with van der Waals surface area (Å²) >= 11 is 0. The highest BCUT2D eigenvalue weighted by Crippen LogP contribution is 2.15.